The molecule has 1 unspecified atom stereocenters. The molecule has 0 bridgehead atoms. The minimum Gasteiger partial charge on any atom is -0.496 e. The molecule has 248 valence electrons. The second kappa shape index (κ2) is 14.4. The molecule has 4 aromatic rings. The summed E-state index contributed by atoms with van der Waals surface area (Å²) in [5.41, 5.74) is 4.74. The fraction of sp³-hybridized carbons (Fsp3) is 0.316. The minimum atomic E-state index is -4.22. The van der Waals surface area contributed by atoms with Crippen molar-refractivity contribution >= 4 is 38.6 Å². The van der Waals surface area contributed by atoms with Crippen LogP contribution in [-0.4, -0.2) is 38.6 Å². The summed E-state index contributed by atoms with van der Waals surface area (Å²) >= 11 is 0. The van der Waals surface area contributed by atoms with Crippen molar-refractivity contribution in [3.05, 3.63) is 101 Å². The molecule has 1 saturated carbocycles. The molecule has 1 aromatic heterocycles. The number of H-pyrrole nitrogens is 1. The second-order valence-corrected chi connectivity index (χ2v) is 13.9. The van der Waals surface area contributed by atoms with E-state index < -0.39 is 22.0 Å². The van der Waals surface area contributed by atoms with E-state index in [0.717, 1.165) is 79.0 Å². The topological polar surface area (TPSA) is 127 Å². The lowest BCUT2D eigenvalue weighted by Crippen LogP contribution is -2.31. The molecule has 1 fully saturated rings. The highest BCUT2D eigenvalue weighted by Gasteiger charge is 2.24. The largest absolute Gasteiger partial charge is 0.496 e. The van der Waals surface area contributed by atoms with Crippen molar-refractivity contribution in [1.29, 1.82) is 0 Å². The zero-order valence-corrected chi connectivity index (χ0v) is 27.9. The number of carbonyl (C=O) groups is 2. The summed E-state index contributed by atoms with van der Waals surface area (Å²) in [5.74, 6) is 5.57. The zero-order valence-electron chi connectivity index (χ0n) is 27.1. The summed E-state index contributed by atoms with van der Waals surface area (Å²) in [5, 5.41) is 3.77. The summed E-state index contributed by atoms with van der Waals surface area (Å²) < 4.78 is 40.3. The summed E-state index contributed by atoms with van der Waals surface area (Å²) in [7, 11) is -2.71. The summed E-state index contributed by atoms with van der Waals surface area (Å²) in [4.78, 5) is 29.0. The Hall–Kier alpha value is -5.01. The number of methoxy groups -OCH3 is 1. The van der Waals surface area contributed by atoms with E-state index in [2.05, 4.69) is 32.9 Å². The average Bonchev–Trinajstić information content (AvgIpc) is 3.77. The molecule has 3 aromatic carbocycles. The van der Waals surface area contributed by atoms with Crippen molar-refractivity contribution < 1.29 is 27.5 Å². The minimum absolute atomic E-state index is 0.0339. The Bertz CT molecular complexity index is 2050. The zero-order chi connectivity index (χ0) is 33.7. The summed E-state index contributed by atoms with van der Waals surface area (Å²) in [6.07, 6.45) is 11.5. The maximum atomic E-state index is 13.4. The molecule has 0 saturated heterocycles. The third kappa shape index (κ3) is 7.42. The van der Waals surface area contributed by atoms with Gasteiger partial charge in [0.05, 0.1) is 7.11 Å². The van der Waals surface area contributed by atoms with Crippen molar-refractivity contribution in [2.24, 2.45) is 0 Å². The molecule has 10 heteroatoms. The predicted molar refractivity (Wildman–Crippen MR) is 186 cm³/mol. The van der Waals surface area contributed by atoms with Crippen molar-refractivity contribution in [2.75, 3.05) is 12.4 Å². The lowest BCUT2D eigenvalue weighted by atomic mass is 9.91. The monoisotopic (exact) mass is 665 g/mol. The molecule has 2 aliphatic rings. The highest BCUT2D eigenvalue weighted by atomic mass is 32.2. The Morgan fingerprint density at radius 2 is 1.77 bits per heavy atom. The maximum Gasteiger partial charge on any atom is 0.411 e. The van der Waals surface area contributed by atoms with Gasteiger partial charge in [-0.25, -0.2) is 17.9 Å². The van der Waals surface area contributed by atoms with E-state index in [1.54, 1.807) is 36.4 Å². The van der Waals surface area contributed by atoms with E-state index in [1.807, 2.05) is 31.3 Å². The van der Waals surface area contributed by atoms with Crippen LogP contribution in [-0.2, 0) is 14.8 Å². The standard InChI is InChI=1S/C38H39N3O6S/c1-25(33-24-39-34-21-19-29(23-32(33)34)40-38(43)47-30-13-7-8-14-30)31-20-18-28(22-35(31)46-2)37(42)41-48(44,45)36-15-9-6-12-27(36)17-16-26-10-4-3-5-11-26/h6,9-10,12,15,18-25,30,39H,3-5,7-8,11,13-14H2,1-2H3,(H,40,43)(H,41,42). The molecule has 0 aliphatic heterocycles. The van der Waals surface area contributed by atoms with Gasteiger partial charge in [0.1, 0.15) is 16.7 Å². The van der Waals surface area contributed by atoms with E-state index in [4.69, 9.17) is 9.47 Å². The van der Waals surface area contributed by atoms with Crippen LogP contribution < -0.4 is 14.8 Å². The first-order valence-corrected chi connectivity index (χ1v) is 17.8. The molecule has 2 aliphatic carbocycles. The van der Waals surface area contributed by atoms with Gasteiger partial charge in [-0.3, -0.25) is 10.1 Å². The number of nitrogens with one attached hydrogen (secondary N) is 3. The van der Waals surface area contributed by atoms with Crippen LogP contribution in [0.3, 0.4) is 0 Å². The van der Waals surface area contributed by atoms with Crippen LogP contribution in [0.25, 0.3) is 10.9 Å². The Morgan fingerprint density at radius 1 is 0.958 bits per heavy atom. The molecular formula is C38H39N3O6S. The van der Waals surface area contributed by atoms with Crippen LogP contribution in [0.2, 0.25) is 0 Å². The third-order valence-corrected chi connectivity index (χ3v) is 10.4. The molecule has 9 nitrogen and oxygen atoms in total. The highest BCUT2D eigenvalue weighted by Crippen LogP contribution is 2.37. The first kappa shape index (κ1) is 32.9. The quantitative estimate of drug-likeness (QED) is 0.165. The number of amides is 2. The fourth-order valence-electron chi connectivity index (χ4n) is 6.40. The maximum absolute atomic E-state index is 13.4. The molecule has 0 radical (unpaired) electrons. The van der Waals surface area contributed by atoms with E-state index in [9.17, 15) is 18.0 Å². The number of carbonyl (C=O) groups excluding carboxylic acids is 2. The molecule has 1 heterocycles. The Kier molecular flexibility index (Phi) is 9.88. The third-order valence-electron chi connectivity index (χ3n) is 9.02. The number of fused-ring (bicyclic) bond motifs is 1. The number of hydrogen-bond donors (Lipinski definition) is 3. The molecule has 1 atom stereocenters. The molecule has 0 spiro atoms. The van der Waals surface area contributed by atoms with E-state index in [-0.39, 0.29) is 22.5 Å². The van der Waals surface area contributed by atoms with Gasteiger partial charge in [0.15, 0.2) is 0 Å². The first-order valence-electron chi connectivity index (χ1n) is 16.4. The predicted octanol–water partition coefficient (Wildman–Crippen LogP) is 7.79. The van der Waals surface area contributed by atoms with E-state index in [1.165, 1.54) is 13.2 Å². The van der Waals surface area contributed by atoms with Gasteiger partial charge in [0, 0.05) is 45.4 Å². The number of anilines is 1. The molecular weight excluding hydrogens is 627 g/mol. The lowest BCUT2D eigenvalue weighted by Gasteiger charge is -2.17. The highest BCUT2D eigenvalue weighted by molar-refractivity contribution is 7.90. The van der Waals surface area contributed by atoms with Crippen molar-refractivity contribution in [3.8, 4) is 17.6 Å². The second-order valence-electron chi connectivity index (χ2n) is 12.3. The lowest BCUT2D eigenvalue weighted by molar-refractivity contribution is 0.0980. The van der Waals surface area contributed by atoms with Gasteiger partial charge >= 0.3 is 6.09 Å². The number of hydrogen-bond acceptors (Lipinski definition) is 6. The smallest absolute Gasteiger partial charge is 0.411 e. The molecule has 3 N–H and O–H groups in total. The Labute approximate surface area is 281 Å². The summed E-state index contributed by atoms with van der Waals surface area (Å²) in [6.45, 7) is 2.01. The fourth-order valence-corrected chi connectivity index (χ4v) is 7.54. The van der Waals surface area contributed by atoms with Gasteiger partial charge < -0.3 is 14.5 Å². The summed E-state index contributed by atoms with van der Waals surface area (Å²) in [6, 6.07) is 16.9. The number of aromatic amines is 1. The number of ether oxygens (including phenoxy) is 2. The van der Waals surface area contributed by atoms with Crippen molar-refractivity contribution in [3.63, 3.8) is 0 Å². The van der Waals surface area contributed by atoms with E-state index in [0.29, 0.717) is 17.0 Å². The Morgan fingerprint density at radius 3 is 2.54 bits per heavy atom. The Balaban J connectivity index is 1.20. The normalized spacial score (nSPS) is 15.6. The van der Waals surface area contributed by atoms with Gasteiger partial charge in [-0.1, -0.05) is 43.0 Å². The first-order chi connectivity index (χ1) is 23.2. The SMILES string of the molecule is COc1cc(C(=O)NS(=O)(=O)c2ccccc2C#CC2=CCCCC2)ccc1C(C)c1c[nH]c2ccc(NC(=O)OC3CCCC3)cc12. The van der Waals surface area contributed by atoms with Gasteiger partial charge in [-0.05, 0) is 105 Å². The van der Waals surface area contributed by atoms with Gasteiger partial charge in [-0.15, -0.1) is 0 Å². The number of rotatable bonds is 8. The number of benzene rings is 3. The van der Waals surface area contributed by atoms with E-state index >= 15 is 0 Å². The van der Waals surface area contributed by atoms with Crippen molar-refractivity contribution in [1.82, 2.24) is 9.71 Å². The number of aromatic nitrogens is 1. The van der Waals surface area contributed by atoms with Crippen molar-refractivity contribution in [2.45, 2.75) is 75.2 Å². The van der Waals surface area contributed by atoms with Crippen LogP contribution in [0, 0.1) is 11.8 Å². The van der Waals surface area contributed by atoms with Crippen LogP contribution in [0.15, 0.2) is 83.4 Å². The van der Waals surface area contributed by atoms with Gasteiger partial charge in [0.2, 0.25) is 0 Å². The van der Waals surface area contributed by atoms with Crippen LogP contribution in [0.5, 0.6) is 5.75 Å². The molecule has 2 amide bonds. The molecule has 6 rings (SSSR count). The van der Waals surface area contributed by atoms with Crippen LogP contribution >= 0.6 is 0 Å². The number of allylic oxidation sites excluding steroid dienone is 2. The van der Waals surface area contributed by atoms with Crippen LogP contribution in [0.4, 0.5) is 10.5 Å². The number of sulfonamides is 1. The average molecular weight is 666 g/mol. The van der Waals surface area contributed by atoms with Gasteiger partial charge in [-0.2, -0.15) is 0 Å². The molecule has 48 heavy (non-hydrogen) atoms. The van der Waals surface area contributed by atoms with Crippen LogP contribution in [0.1, 0.15) is 91.3 Å². The van der Waals surface area contributed by atoms with Gasteiger partial charge in [0.25, 0.3) is 15.9 Å².